The summed E-state index contributed by atoms with van der Waals surface area (Å²) >= 11 is 1.52. The maximum atomic E-state index is 12.9. The predicted molar refractivity (Wildman–Crippen MR) is 109 cm³/mol. The van der Waals surface area contributed by atoms with Gasteiger partial charge in [0.05, 0.1) is 21.8 Å². The van der Waals surface area contributed by atoms with Crippen LogP contribution in [0.4, 0.5) is 5.69 Å². The SMILES string of the molecule is Cc1nc(C(=O)N2CC[C@]3(C2)CN(Cc2cccnc2)c2cccnc23)cs1. The maximum Gasteiger partial charge on any atom is 0.273 e. The van der Waals surface area contributed by atoms with E-state index in [1.165, 1.54) is 22.6 Å². The second-order valence-electron chi connectivity index (χ2n) is 7.60. The monoisotopic (exact) mass is 391 g/mol. The van der Waals surface area contributed by atoms with Gasteiger partial charge in [-0.25, -0.2) is 4.98 Å². The van der Waals surface area contributed by atoms with Gasteiger partial charge in [0.15, 0.2) is 0 Å². The quantitative estimate of drug-likeness (QED) is 0.687. The molecule has 0 aliphatic carbocycles. The number of carbonyl (C=O) groups is 1. The van der Waals surface area contributed by atoms with Crippen LogP contribution in [0.15, 0.2) is 48.2 Å². The average molecular weight is 392 g/mol. The first-order valence-electron chi connectivity index (χ1n) is 9.45. The van der Waals surface area contributed by atoms with E-state index in [0.717, 1.165) is 36.8 Å². The third-order valence-corrected chi connectivity index (χ3v) is 6.47. The molecule has 1 amide bonds. The smallest absolute Gasteiger partial charge is 0.273 e. The number of fused-ring (bicyclic) bond motifs is 2. The topological polar surface area (TPSA) is 62.2 Å². The van der Waals surface area contributed by atoms with Gasteiger partial charge in [0.2, 0.25) is 0 Å². The normalized spacial score (nSPS) is 20.8. The van der Waals surface area contributed by atoms with Gasteiger partial charge in [-0.1, -0.05) is 6.07 Å². The van der Waals surface area contributed by atoms with Gasteiger partial charge in [-0.05, 0) is 37.1 Å². The lowest BCUT2D eigenvalue weighted by Crippen LogP contribution is -2.38. The van der Waals surface area contributed by atoms with Gasteiger partial charge < -0.3 is 9.80 Å². The number of aromatic nitrogens is 3. The fraction of sp³-hybridized carbons (Fsp3) is 0.333. The zero-order chi connectivity index (χ0) is 19.1. The van der Waals surface area contributed by atoms with Crippen LogP contribution < -0.4 is 4.90 Å². The summed E-state index contributed by atoms with van der Waals surface area (Å²) in [6.07, 6.45) is 6.50. The Morgan fingerprint density at radius 3 is 2.93 bits per heavy atom. The molecular formula is C21H21N5OS. The van der Waals surface area contributed by atoms with Crippen molar-refractivity contribution in [3.05, 3.63) is 70.2 Å². The predicted octanol–water partition coefficient (Wildman–Crippen LogP) is 3.05. The number of rotatable bonds is 3. The first-order chi connectivity index (χ1) is 13.6. The van der Waals surface area contributed by atoms with Gasteiger partial charge >= 0.3 is 0 Å². The number of aryl methyl sites for hydroxylation is 1. The molecule has 0 unspecified atom stereocenters. The number of pyridine rings is 2. The van der Waals surface area contributed by atoms with Gasteiger partial charge in [0, 0.05) is 50.1 Å². The minimum Gasteiger partial charge on any atom is -0.365 e. The number of hydrogen-bond donors (Lipinski definition) is 0. The molecule has 6 nitrogen and oxygen atoms in total. The molecule has 5 rings (SSSR count). The van der Waals surface area contributed by atoms with Crippen LogP contribution in [0.1, 0.15) is 33.2 Å². The van der Waals surface area contributed by atoms with E-state index in [4.69, 9.17) is 4.98 Å². The van der Waals surface area contributed by atoms with Crippen LogP contribution in [0.5, 0.6) is 0 Å². The lowest BCUT2D eigenvalue weighted by atomic mass is 9.85. The van der Waals surface area contributed by atoms with E-state index in [1.807, 2.05) is 41.7 Å². The minimum atomic E-state index is -0.112. The van der Waals surface area contributed by atoms with Crippen LogP contribution in [0.3, 0.4) is 0 Å². The summed E-state index contributed by atoms with van der Waals surface area (Å²) in [6.45, 7) is 5.03. The van der Waals surface area contributed by atoms with Gasteiger partial charge in [-0.3, -0.25) is 14.8 Å². The fourth-order valence-electron chi connectivity index (χ4n) is 4.43. The van der Waals surface area contributed by atoms with Crippen molar-refractivity contribution >= 4 is 22.9 Å². The molecule has 1 saturated heterocycles. The molecule has 2 aliphatic rings. The molecule has 1 spiro atoms. The lowest BCUT2D eigenvalue weighted by Gasteiger charge is -2.25. The van der Waals surface area contributed by atoms with Gasteiger partial charge in [-0.15, -0.1) is 11.3 Å². The second-order valence-corrected chi connectivity index (χ2v) is 8.66. The third-order valence-electron chi connectivity index (χ3n) is 5.70. The number of amides is 1. The van der Waals surface area contributed by atoms with Crippen LogP contribution >= 0.6 is 11.3 Å². The van der Waals surface area contributed by atoms with Crippen molar-refractivity contribution in [2.24, 2.45) is 0 Å². The van der Waals surface area contributed by atoms with Crippen molar-refractivity contribution in [3.63, 3.8) is 0 Å². The molecule has 0 aromatic carbocycles. The Morgan fingerprint density at radius 2 is 2.14 bits per heavy atom. The van der Waals surface area contributed by atoms with E-state index in [-0.39, 0.29) is 11.3 Å². The molecule has 28 heavy (non-hydrogen) atoms. The first-order valence-corrected chi connectivity index (χ1v) is 10.3. The van der Waals surface area contributed by atoms with Crippen LogP contribution in [-0.4, -0.2) is 45.4 Å². The number of hydrogen-bond acceptors (Lipinski definition) is 6. The van der Waals surface area contributed by atoms with Crippen LogP contribution in [0, 0.1) is 6.92 Å². The summed E-state index contributed by atoms with van der Waals surface area (Å²) in [5.74, 6) is 0.0319. The molecule has 0 saturated carbocycles. The van der Waals surface area contributed by atoms with Crippen molar-refractivity contribution in [2.75, 3.05) is 24.5 Å². The highest BCUT2D eigenvalue weighted by Crippen LogP contribution is 2.45. The van der Waals surface area contributed by atoms with Crippen LogP contribution in [0.25, 0.3) is 0 Å². The summed E-state index contributed by atoms with van der Waals surface area (Å²) in [4.78, 5) is 30.6. The molecule has 2 aliphatic heterocycles. The Morgan fingerprint density at radius 1 is 1.25 bits per heavy atom. The van der Waals surface area contributed by atoms with E-state index < -0.39 is 0 Å². The van der Waals surface area contributed by atoms with Crippen molar-refractivity contribution in [2.45, 2.75) is 25.3 Å². The molecular weight excluding hydrogens is 370 g/mol. The summed E-state index contributed by atoms with van der Waals surface area (Å²) in [6, 6.07) is 8.20. The summed E-state index contributed by atoms with van der Waals surface area (Å²) in [7, 11) is 0. The van der Waals surface area contributed by atoms with Gasteiger partial charge in [0.25, 0.3) is 5.91 Å². The zero-order valence-corrected chi connectivity index (χ0v) is 16.5. The number of nitrogens with zero attached hydrogens (tertiary/aromatic N) is 5. The lowest BCUT2D eigenvalue weighted by molar-refractivity contribution is 0.0779. The highest BCUT2D eigenvalue weighted by atomic mass is 32.1. The fourth-order valence-corrected chi connectivity index (χ4v) is 5.02. The van der Waals surface area contributed by atoms with Gasteiger partial charge in [0.1, 0.15) is 5.69 Å². The zero-order valence-electron chi connectivity index (χ0n) is 15.7. The molecule has 0 radical (unpaired) electrons. The summed E-state index contributed by atoms with van der Waals surface area (Å²) < 4.78 is 0. The van der Waals surface area contributed by atoms with E-state index in [2.05, 4.69) is 27.0 Å². The molecule has 1 fully saturated rings. The highest BCUT2D eigenvalue weighted by molar-refractivity contribution is 7.09. The first kappa shape index (κ1) is 17.3. The highest BCUT2D eigenvalue weighted by Gasteiger charge is 2.49. The summed E-state index contributed by atoms with van der Waals surface area (Å²) in [5.41, 5.74) is 3.91. The van der Waals surface area contributed by atoms with Crippen LogP contribution in [0.2, 0.25) is 0 Å². The largest absolute Gasteiger partial charge is 0.365 e. The maximum absolute atomic E-state index is 12.9. The number of thiazole rings is 1. The standard InChI is InChI=1S/C21H21N5OS/c1-15-24-17(12-28-15)20(27)25-9-6-21(13-25)14-26(11-16-4-2-7-22-10-16)18-5-3-8-23-19(18)21/h2-5,7-8,10,12H,6,9,11,13-14H2,1H3/t21-/m0/s1. The average Bonchev–Trinajstić information content (AvgIpc) is 3.42. The summed E-state index contributed by atoms with van der Waals surface area (Å²) in [5, 5.41) is 2.78. The molecule has 142 valence electrons. The molecule has 3 aromatic rings. The van der Waals surface area contributed by atoms with Crippen molar-refractivity contribution in [1.82, 2.24) is 19.9 Å². The minimum absolute atomic E-state index is 0.0319. The molecule has 7 heteroatoms. The Labute approximate surface area is 167 Å². The Kier molecular flexibility index (Phi) is 4.12. The molecule has 5 heterocycles. The Balaban J connectivity index is 1.42. The molecule has 1 atom stereocenters. The van der Waals surface area contributed by atoms with Crippen molar-refractivity contribution in [1.29, 1.82) is 0 Å². The van der Waals surface area contributed by atoms with E-state index in [1.54, 1.807) is 6.20 Å². The van der Waals surface area contributed by atoms with E-state index in [9.17, 15) is 4.79 Å². The Bertz CT molecular complexity index is 1020. The number of anilines is 1. The van der Waals surface area contributed by atoms with Gasteiger partial charge in [-0.2, -0.15) is 0 Å². The number of likely N-dealkylation sites (tertiary alicyclic amines) is 1. The van der Waals surface area contributed by atoms with E-state index >= 15 is 0 Å². The number of carbonyl (C=O) groups excluding carboxylic acids is 1. The molecule has 3 aromatic heterocycles. The van der Waals surface area contributed by atoms with Crippen LogP contribution in [-0.2, 0) is 12.0 Å². The molecule has 0 bridgehead atoms. The third kappa shape index (κ3) is 2.86. The van der Waals surface area contributed by atoms with Crippen molar-refractivity contribution in [3.8, 4) is 0 Å². The Hall–Kier alpha value is -2.80. The van der Waals surface area contributed by atoms with Crippen molar-refractivity contribution < 1.29 is 4.79 Å². The molecule has 0 N–H and O–H groups in total. The second kappa shape index (κ2) is 6.67. The van der Waals surface area contributed by atoms with E-state index in [0.29, 0.717) is 12.2 Å².